The van der Waals surface area contributed by atoms with Gasteiger partial charge in [0.05, 0.1) is 17.1 Å². The average Bonchev–Trinajstić information content (AvgIpc) is 3.38. The third-order valence-corrected chi connectivity index (χ3v) is 8.79. The molecule has 2 nitrogen and oxygen atoms in total. The molecule has 1 heterocycles. The first kappa shape index (κ1) is 24.7. The third-order valence-electron chi connectivity index (χ3n) is 8.79. The zero-order valence-corrected chi connectivity index (χ0v) is 23.5. The highest BCUT2D eigenvalue weighted by Gasteiger charge is 2.24. The van der Waals surface area contributed by atoms with Gasteiger partial charge in [-0.2, -0.15) is 0 Å². The van der Waals surface area contributed by atoms with Crippen molar-refractivity contribution < 1.29 is 0 Å². The lowest BCUT2D eigenvalue weighted by molar-refractivity contribution is 0.720. The van der Waals surface area contributed by atoms with Gasteiger partial charge in [-0.25, -0.2) is 0 Å². The summed E-state index contributed by atoms with van der Waals surface area (Å²) in [5.41, 5.74) is 9.10. The van der Waals surface area contributed by atoms with Gasteiger partial charge in [-0.05, 0) is 83.7 Å². The maximum absolute atomic E-state index is 2.54. The van der Waals surface area contributed by atoms with Crippen LogP contribution in [0.15, 0.2) is 157 Å². The van der Waals surface area contributed by atoms with E-state index in [4.69, 9.17) is 0 Å². The van der Waals surface area contributed by atoms with E-state index in [-0.39, 0.29) is 6.04 Å². The fourth-order valence-corrected chi connectivity index (χ4v) is 6.77. The second kappa shape index (κ2) is 10.4. The Hall–Kier alpha value is -5.08. The number of hydrogen-bond donors (Lipinski definition) is 0. The first-order valence-electron chi connectivity index (χ1n) is 14.9. The van der Waals surface area contributed by atoms with Gasteiger partial charge in [0.15, 0.2) is 0 Å². The van der Waals surface area contributed by atoms with E-state index in [1.54, 1.807) is 0 Å². The summed E-state index contributed by atoms with van der Waals surface area (Å²) < 4.78 is 2.49. The Labute approximate surface area is 246 Å². The van der Waals surface area contributed by atoms with Crippen LogP contribution < -0.4 is 4.90 Å². The summed E-state index contributed by atoms with van der Waals surface area (Å²) in [5, 5.41) is 5.20. The second-order valence-corrected chi connectivity index (χ2v) is 11.3. The fraction of sp³-hybridized carbons (Fsp3) is 0.100. The van der Waals surface area contributed by atoms with Crippen LogP contribution in [0.1, 0.15) is 24.8 Å². The number of aromatic nitrogens is 1. The van der Waals surface area contributed by atoms with Gasteiger partial charge in [-0.3, -0.25) is 0 Å². The maximum Gasteiger partial charge on any atom is 0.0557 e. The van der Waals surface area contributed by atoms with Crippen LogP contribution in [0.25, 0.3) is 43.8 Å². The molecule has 1 atom stereocenters. The van der Waals surface area contributed by atoms with Gasteiger partial charge < -0.3 is 9.47 Å². The summed E-state index contributed by atoms with van der Waals surface area (Å²) in [4.78, 5) is 2.54. The number of para-hydroxylation sites is 2. The van der Waals surface area contributed by atoms with Crippen LogP contribution in [0.3, 0.4) is 0 Å². The Balaban J connectivity index is 1.19. The zero-order valence-electron chi connectivity index (χ0n) is 23.5. The van der Waals surface area contributed by atoms with Crippen LogP contribution in [0.5, 0.6) is 0 Å². The van der Waals surface area contributed by atoms with Crippen LogP contribution >= 0.6 is 0 Å². The molecule has 0 fully saturated rings. The molecule has 0 bridgehead atoms. The largest absolute Gasteiger partial charge is 0.338 e. The van der Waals surface area contributed by atoms with E-state index in [1.165, 1.54) is 60.8 Å². The van der Waals surface area contributed by atoms with Crippen molar-refractivity contribution in [3.63, 3.8) is 0 Å². The molecule has 0 saturated carbocycles. The molecular formula is C40H32N2. The molecule has 6 aromatic rings. The van der Waals surface area contributed by atoms with Gasteiger partial charge >= 0.3 is 0 Å². The summed E-state index contributed by atoms with van der Waals surface area (Å²) in [6, 6.07) is 44.1. The molecule has 42 heavy (non-hydrogen) atoms. The van der Waals surface area contributed by atoms with E-state index in [0.717, 1.165) is 19.3 Å². The molecule has 2 aliphatic carbocycles. The van der Waals surface area contributed by atoms with Crippen LogP contribution in [-0.2, 0) is 0 Å². The lowest BCUT2D eigenvalue weighted by atomic mass is 9.94. The van der Waals surface area contributed by atoms with Gasteiger partial charge in [-0.15, -0.1) is 0 Å². The molecule has 0 N–H and O–H groups in total. The van der Waals surface area contributed by atoms with E-state index in [1.807, 2.05) is 0 Å². The van der Waals surface area contributed by atoms with Crippen molar-refractivity contribution in [3.8, 4) is 0 Å². The van der Waals surface area contributed by atoms with E-state index in [2.05, 4.69) is 161 Å². The molecule has 202 valence electrons. The van der Waals surface area contributed by atoms with Crippen molar-refractivity contribution in [2.45, 2.75) is 25.3 Å². The van der Waals surface area contributed by atoms with Gasteiger partial charge in [0, 0.05) is 27.9 Å². The summed E-state index contributed by atoms with van der Waals surface area (Å²) >= 11 is 0. The molecule has 0 saturated heterocycles. The number of rotatable bonds is 5. The predicted octanol–water partition coefficient (Wildman–Crippen LogP) is 10.4. The number of hydrogen-bond acceptors (Lipinski definition) is 1. The summed E-state index contributed by atoms with van der Waals surface area (Å²) in [6.07, 6.45) is 14.7. The predicted molar refractivity (Wildman–Crippen MR) is 179 cm³/mol. The molecule has 8 rings (SSSR count). The number of fused-ring (bicyclic) bond motifs is 4. The third kappa shape index (κ3) is 4.28. The lowest BCUT2D eigenvalue weighted by Crippen LogP contribution is -2.34. The monoisotopic (exact) mass is 540 g/mol. The van der Waals surface area contributed by atoms with Crippen molar-refractivity contribution in [3.05, 3.63) is 163 Å². The van der Waals surface area contributed by atoms with E-state index < -0.39 is 0 Å². The molecule has 5 aromatic carbocycles. The van der Waals surface area contributed by atoms with Gasteiger partial charge in [0.2, 0.25) is 0 Å². The number of benzene rings is 5. The molecule has 1 aromatic heterocycles. The molecule has 0 radical (unpaired) electrons. The number of anilines is 1. The zero-order chi connectivity index (χ0) is 27.9. The Morgan fingerprint density at radius 2 is 1.33 bits per heavy atom. The Bertz CT molecular complexity index is 2060. The number of nitrogens with zero attached hydrogens (tertiary/aromatic N) is 2. The summed E-state index contributed by atoms with van der Waals surface area (Å²) in [5.74, 6) is 0. The first-order valence-corrected chi connectivity index (χ1v) is 14.9. The topological polar surface area (TPSA) is 8.17 Å². The van der Waals surface area contributed by atoms with Crippen molar-refractivity contribution in [1.82, 2.24) is 4.57 Å². The van der Waals surface area contributed by atoms with Crippen LogP contribution in [-0.4, -0.2) is 10.6 Å². The molecule has 2 aliphatic rings. The Kier molecular flexibility index (Phi) is 6.11. The average molecular weight is 541 g/mol. The number of allylic oxidation sites excluding steroid dienone is 6. The molecule has 1 unspecified atom stereocenters. The molecule has 0 aliphatic heterocycles. The van der Waals surface area contributed by atoms with Crippen LogP contribution in [0, 0.1) is 0 Å². The minimum Gasteiger partial charge on any atom is -0.338 e. The highest BCUT2D eigenvalue weighted by Crippen LogP contribution is 2.39. The maximum atomic E-state index is 2.54. The van der Waals surface area contributed by atoms with Crippen LogP contribution in [0.4, 0.5) is 5.69 Å². The summed E-state index contributed by atoms with van der Waals surface area (Å²) in [7, 11) is 0. The summed E-state index contributed by atoms with van der Waals surface area (Å²) in [6.45, 7) is 0. The van der Waals surface area contributed by atoms with Crippen molar-refractivity contribution in [1.29, 1.82) is 0 Å². The standard InChI is InChI=1S/C40H32N2/c1-3-11-29(12-4-1)30-19-21-34(22-20-30)41(33-15-5-2-6-16-33)35-23-25-36(26-24-35)42-39-18-10-9-17-37(39)38-27-31-13-7-8-14-32(31)28-40(38)42/h1-21,23,25,27-28,34H,22,24,26H2. The lowest BCUT2D eigenvalue weighted by Gasteiger charge is -2.36. The van der Waals surface area contributed by atoms with E-state index >= 15 is 0 Å². The van der Waals surface area contributed by atoms with Crippen molar-refractivity contribution >= 4 is 49.5 Å². The molecule has 0 amide bonds. The molecule has 2 heteroatoms. The minimum atomic E-state index is 0.278. The SMILES string of the molecule is C1=CC(N(C2=CC=C(n3c4ccccc4c4cc5ccccc5cc43)CC2)c2ccccc2)CC=C1c1ccccc1. The van der Waals surface area contributed by atoms with Gasteiger partial charge in [0.1, 0.15) is 0 Å². The first-order chi connectivity index (χ1) is 20.8. The second-order valence-electron chi connectivity index (χ2n) is 11.3. The highest BCUT2D eigenvalue weighted by molar-refractivity contribution is 6.14. The fourth-order valence-electron chi connectivity index (χ4n) is 6.77. The van der Waals surface area contributed by atoms with Crippen molar-refractivity contribution in [2.24, 2.45) is 0 Å². The van der Waals surface area contributed by atoms with Gasteiger partial charge in [0.25, 0.3) is 0 Å². The minimum absolute atomic E-state index is 0.278. The molecule has 0 spiro atoms. The van der Waals surface area contributed by atoms with E-state index in [9.17, 15) is 0 Å². The Morgan fingerprint density at radius 1 is 0.619 bits per heavy atom. The van der Waals surface area contributed by atoms with E-state index in [0.29, 0.717) is 0 Å². The van der Waals surface area contributed by atoms with Crippen molar-refractivity contribution in [2.75, 3.05) is 4.90 Å². The Morgan fingerprint density at radius 3 is 2.07 bits per heavy atom. The smallest absolute Gasteiger partial charge is 0.0557 e. The highest BCUT2D eigenvalue weighted by atomic mass is 15.2. The van der Waals surface area contributed by atoms with Crippen LogP contribution in [0.2, 0.25) is 0 Å². The van der Waals surface area contributed by atoms with Gasteiger partial charge in [-0.1, -0.05) is 109 Å². The quantitative estimate of drug-likeness (QED) is 0.211. The normalized spacial score (nSPS) is 16.9. The molecular weight excluding hydrogens is 508 g/mol.